The van der Waals surface area contributed by atoms with Crippen LogP contribution in [-0.4, -0.2) is 57.6 Å². The third-order valence-electron chi connectivity index (χ3n) is 6.66. The minimum atomic E-state index is -4.29. The van der Waals surface area contributed by atoms with E-state index in [4.69, 9.17) is 9.47 Å². The number of sulfonamides is 1. The highest BCUT2D eigenvalue weighted by molar-refractivity contribution is 7.90. The maximum absolute atomic E-state index is 13.3. The fourth-order valence-corrected chi connectivity index (χ4v) is 5.83. The maximum Gasteiger partial charge on any atom is 0.281 e. The second-order valence-electron chi connectivity index (χ2n) is 9.97. The molecular formula is C27H33N5O5S. The molecule has 1 saturated heterocycles. The van der Waals surface area contributed by atoms with Gasteiger partial charge in [-0.25, -0.2) is 14.7 Å². The maximum atomic E-state index is 13.3. The van der Waals surface area contributed by atoms with Crippen molar-refractivity contribution in [2.45, 2.75) is 37.8 Å². The second kappa shape index (κ2) is 10.5. The predicted molar refractivity (Wildman–Crippen MR) is 146 cm³/mol. The topological polar surface area (TPSA) is 114 Å². The highest BCUT2D eigenvalue weighted by Crippen LogP contribution is 2.37. The van der Waals surface area contributed by atoms with Crippen molar-refractivity contribution in [3.8, 4) is 11.5 Å². The Balaban J connectivity index is 1.62. The molecule has 1 unspecified atom stereocenters. The van der Waals surface area contributed by atoms with Gasteiger partial charge in [0.25, 0.3) is 15.9 Å². The van der Waals surface area contributed by atoms with Crippen LogP contribution < -0.4 is 24.0 Å². The highest BCUT2D eigenvalue weighted by atomic mass is 32.2. The SMILES string of the molecule is COc1ccc(OC)c(N(C)c2cccc(S(=O)(=O)NC(=O)c3cccnc3N3CC(C)CC3(C)C)n2)c1. The van der Waals surface area contributed by atoms with E-state index in [0.29, 0.717) is 34.7 Å². The third kappa shape index (κ3) is 5.38. The summed E-state index contributed by atoms with van der Waals surface area (Å²) in [6.45, 7) is 7.05. The van der Waals surface area contributed by atoms with Gasteiger partial charge in [0, 0.05) is 31.4 Å². The molecule has 4 rings (SSSR count). The molecule has 202 valence electrons. The molecule has 2 aromatic heterocycles. The third-order valence-corrected chi connectivity index (χ3v) is 7.89. The van der Waals surface area contributed by atoms with Crippen molar-refractivity contribution in [2.24, 2.45) is 5.92 Å². The lowest BCUT2D eigenvalue weighted by Crippen LogP contribution is -2.41. The van der Waals surface area contributed by atoms with Crippen molar-refractivity contribution in [3.63, 3.8) is 0 Å². The van der Waals surface area contributed by atoms with Crippen LogP contribution in [0.5, 0.6) is 11.5 Å². The number of hydrogen-bond acceptors (Lipinski definition) is 9. The van der Waals surface area contributed by atoms with Crippen molar-refractivity contribution in [3.05, 3.63) is 60.3 Å². The summed E-state index contributed by atoms with van der Waals surface area (Å²) < 4.78 is 39.5. The number of benzene rings is 1. The zero-order valence-corrected chi connectivity index (χ0v) is 23.2. The molecule has 11 heteroatoms. The summed E-state index contributed by atoms with van der Waals surface area (Å²) in [7, 11) is 0.533. The first-order valence-corrected chi connectivity index (χ1v) is 13.7. The Morgan fingerprint density at radius 1 is 1.13 bits per heavy atom. The Bertz CT molecular complexity index is 1440. The largest absolute Gasteiger partial charge is 0.497 e. The molecule has 1 aliphatic heterocycles. The summed E-state index contributed by atoms with van der Waals surface area (Å²) in [5.41, 5.74) is 0.594. The van der Waals surface area contributed by atoms with Gasteiger partial charge >= 0.3 is 0 Å². The first kappa shape index (κ1) is 27.2. The van der Waals surface area contributed by atoms with E-state index in [1.54, 1.807) is 74.8 Å². The van der Waals surface area contributed by atoms with Gasteiger partial charge in [-0.05, 0) is 62.6 Å². The molecule has 0 spiro atoms. The van der Waals surface area contributed by atoms with Crippen LogP contribution in [0.1, 0.15) is 37.6 Å². The Morgan fingerprint density at radius 2 is 1.89 bits per heavy atom. The number of carbonyl (C=O) groups is 1. The van der Waals surface area contributed by atoms with Gasteiger partial charge in [-0.2, -0.15) is 8.42 Å². The molecule has 38 heavy (non-hydrogen) atoms. The van der Waals surface area contributed by atoms with Gasteiger partial charge in [-0.3, -0.25) is 4.79 Å². The zero-order valence-electron chi connectivity index (χ0n) is 22.4. The Labute approximate surface area is 223 Å². The monoisotopic (exact) mass is 539 g/mol. The van der Waals surface area contributed by atoms with Crippen LogP contribution in [0.4, 0.5) is 17.3 Å². The number of nitrogens with zero attached hydrogens (tertiary/aromatic N) is 4. The van der Waals surface area contributed by atoms with Crippen LogP contribution in [0.15, 0.2) is 59.8 Å². The minimum absolute atomic E-state index is 0.188. The number of ether oxygens (including phenoxy) is 2. The number of rotatable bonds is 8. The summed E-state index contributed by atoms with van der Waals surface area (Å²) in [4.78, 5) is 25.8. The van der Waals surface area contributed by atoms with Gasteiger partial charge in [0.2, 0.25) is 0 Å². The number of methoxy groups -OCH3 is 2. The summed E-state index contributed by atoms with van der Waals surface area (Å²) in [6.07, 6.45) is 2.54. The van der Waals surface area contributed by atoms with E-state index in [9.17, 15) is 13.2 Å². The number of anilines is 3. The average Bonchev–Trinajstić information content (AvgIpc) is 3.18. The van der Waals surface area contributed by atoms with Gasteiger partial charge in [-0.1, -0.05) is 13.0 Å². The van der Waals surface area contributed by atoms with E-state index in [0.717, 1.165) is 13.0 Å². The summed E-state index contributed by atoms with van der Waals surface area (Å²) in [6, 6.07) is 13.0. The molecule has 1 aromatic carbocycles. The quantitative estimate of drug-likeness (QED) is 0.454. The first-order valence-electron chi connectivity index (χ1n) is 12.2. The number of pyridine rings is 2. The molecule has 1 amide bonds. The molecule has 3 heterocycles. The van der Waals surface area contributed by atoms with Gasteiger partial charge in [0.1, 0.15) is 23.1 Å². The highest BCUT2D eigenvalue weighted by Gasteiger charge is 2.39. The Kier molecular flexibility index (Phi) is 7.50. The van der Waals surface area contributed by atoms with Gasteiger partial charge < -0.3 is 19.3 Å². The van der Waals surface area contributed by atoms with Crippen molar-refractivity contribution in [1.82, 2.24) is 14.7 Å². The number of nitrogens with one attached hydrogen (secondary N) is 1. The summed E-state index contributed by atoms with van der Waals surface area (Å²) >= 11 is 0. The molecule has 1 atom stereocenters. The molecule has 1 N–H and O–H groups in total. The van der Waals surface area contributed by atoms with Crippen LogP contribution in [0.2, 0.25) is 0 Å². The Hall–Kier alpha value is -3.86. The van der Waals surface area contributed by atoms with E-state index in [2.05, 4.69) is 40.4 Å². The fourth-order valence-electron chi connectivity index (χ4n) is 4.90. The molecule has 0 bridgehead atoms. The van der Waals surface area contributed by atoms with Crippen LogP contribution in [0.25, 0.3) is 0 Å². The molecule has 3 aromatic rings. The van der Waals surface area contributed by atoms with E-state index in [-0.39, 0.29) is 16.1 Å². The standard InChI is InChI=1S/C27H33N5O5S/c1-18-16-27(2,3)32(17-18)25-20(9-8-14-28-25)26(33)30-38(34,35)24-11-7-10-23(29-24)31(4)21-15-19(36-5)12-13-22(21)37-6/h7-15,18H,16-17H2,1-6H3,(H,30,33). The van der Waals surface area contributed by atoms with Crippen molar-refractivity contribution in [1.29, 1.82) is 0 Å². The van der Waals surface area contributed by atoms with Gasteiger partial charge in [0.15, 0.2) is 5.03 Å². The van der Waals surface area contributed by atoms with Gasteiger partial charge in [-0.15, -0.1) is 0 Å². The fraction of sp³-hybridized carbons (Fsp3) is 0.370. The molecule has 0 aliphatic carbocycles. The lowest BCUT2D eigenvalue weighted by Gasteiger charge is -2.33. The first-order chi connectivity index (χ1) is 18.0. The van der Waals surface area contributed by atoms with E-state index < -0.39 is 15.9 Å². The molecule has 0 saturated carbocycles. The molecule has 1 fully saturated rings. The summed E-state index contributed by atoms with van der Waals surface area (Å²) in [5.74, 6) is 1.60. The number of aromatic nitrogens is 2. The lowest BCUT2D eigenvalue weighted by molar-refractivity contribution is 0.0981. The number of amides is 1. The van der Waals surface area contributed by atoms with Crippen molar-refractivity contribution >= 4 is 33.3 Å². The summed E-state index contributed by atoms with van der Waals surface area (Å²) in [5, 5.41) is -0.294. The van der Waals surface area contributed by atoms with E-state index in [1.165, 1.54) is 6.07 Å². The minimum Gasteiger partial charge on any atom is -0.497 e. The van der Waals surface area contributed by atoms with Crippen LogP contribution >= 0.6 is 0 Å². The van der Waals surface area contributed by atoms with E-state index in [1.807, 2.05) is 0 Å². The zero-order chi connectivity index (χ0) is 27.7. The van der Waals surface area contributed by atoms with E-state index >= 15 is 0 Å². The number of carbonyl (C=O) groups excluding carboxylic acids is 1. The lowest BCUT2D eigenvalue weighted by atomic mass is 9.97. The molecular weight excluding hydrogens is 506 g/mol. The van der Waals surface area contributed by atoms with Crippen molar-refractivity contribution < 1.29 is 22.7 Å². The predicted octanol–water partition coefficient (Wildman–Crippen LogP) is 4.01. The number of hydrogen-bond donors (Lipinski definition) is 1. The van der Waals surface area contributed by atoms with Crippen LogP contribution in [0, 0.1) is 5.92 Å². The second-order valence-corrected chi connectivity index (χ2v) is 11.6. The normalized spacial score (nSPS) is 16.7. The average molecular weight is 540 g/mol. The molecule has 0 radical (unpaired) electrons. The molecule has 1 aliphatic rings. The molecule has 10 nitrogen and oxygen atoms in total. The van der Waals surface area contributed by atoms with Crippen molar-refractivity contribution in [2.75, 3.05) is 37.6 Å². The Morgan fingerprint density at radius 3 is 2.55 bits per heavy atom. The van der Waals surface area contributed by atoms with Crippen LogP contribution in [0.3, 0.4) is 0 Å². The smallest absolute Gasteiger partial charge is 0.281 e. The van der Waals surface area contributed by atoms with Crippen LogP contribution in [-0.2, 0) is 10.0 Å². The van der Waals surface area contributed by atoms with Gasteiger partial charge in [0.05, 0.1) is 25.5 Å².